The summed E-state index contributed by atoms with van der Waals surface area (Å²) in [5.74, 6) is 0.00216. The molecule has 2 saturated heterocycles. The van der Waals surface area contributed by atoms with Crippen LogP contribution in [0.1, 0.15) is 44.9 Å². The van der Waals surface area contributed by atoms with Crippen molar-refractivity contribution in [3.05, 3.63) is 24.3 Å². The summed E-state index contributed by atoms with van der Waals surface area (Å²) in [6, 6.07) is 2.01. The Labute approximate surface area is 147 Å². The van der Waals surface area contributed by atoms with Gasteiger partial charge in [0.2, 0.25) is 5.91 Å². The second-order valence-corrected chi connectivity index (χ2v) is 7.81. The van der Waals surface area contributed by atoms with Gasteiger partial charge in [0.15, 0.2) is 5.82 Å². The number of anilines is 1. The van der Waals surface area contributed by atoms with E-state index in [-0.39, 0.29) is 17.3 Å². The predicted octanol–water partition coefficient (Wildman–Crippen LogP) is 2.34. The molecule has 3 fully saturated rings. The number of nitrogens with zero attached hydrogens (tertiary/aromatic N) is 3. The summed E-state index contributed by atoms with van der Waals surface area (Å²) in [5.41, 5.74) is 0.337. The van der Waals surface area contributed by atoms with Crippen molar-refractivity contribution in [3.63, 3.8) is 0 Å². The molecule has 1 spiro atoms. The lowest BCUT2D eigenvalue weighted by Gasteiger charge is -2.40. The molecule has 5 nitrogen and oxygen atoms in total. The van der Waals surface area contributed by atoms with Crippen LogP contribution >= 0.6 is 0 Å². The van der Waals surface area contributed by atoms with Gasteiger partial charge in [-0.3, -0.25) is 9.78 Å². The second-order valence-electron chi connectivity index (χ2n) is 7.81. The number of hydrogen-bond acceptors (Lipinski definition) is 4. The zero-order valence-electron chi connectivity index (χ0n) is 14.5. The predicted molar refractivity (Wildman–Crippen MR) is 92.7 cm³/mol. The summed E-state index contributed by atoms with van der Waals surface area (Å²) < 4.78 is 14.0. The van der Waals surface area contributed by atoms with Crippen LogP contribution in [-0.4, -0.2) is 52.7 Å². The van der Waals surface area contributed by atoms with Crippen LogP contribution in [0.5, 0.6) is 0 Å². The second kappa shape index (κ2) is 6.56. The number of piperidine rings is 1. The number of carbonyl (C=O) groups excluding carboxylic acids is 1. The summed E-state index contributed by atoms with van der Waals surface area (Å²) in [5, 5.41) is 9.69. The van der Waals surface area contributed by atoms with Crippen molar-refractivity contribution in [3.8, 4) is 0 Å². The number of carbonyl (C=O) groups is 1. The molecule has 1 saturated carbocycles. The molecule has 0 atom stereocenters. The van der Waals surface area contributed by atoms with Crippen LogP contribution in [0.4, 0.5) is 10.1 Å². The molecular formula is C19H26FN3O2. The molecule has 3 heterocycles. The summed E-state index contributed by atoms with van der Waals surface area (Å²) in [4.78, 5) is 21.1. The molecule has 1 N–H and O–H groups in total. The Morgan fingerprint density at radius 3 is 2.48 bits per heavy atom. The Kier molecular flexibility index (Phi) is 4.40. The van der Waals surface area contributed by atoms with E-state index in [1.54, 1.807) is 12.3 Å². The van der Waals surface area contributed by atoms with E-state index in [0.717, 1.165) is 51.5 Å². The van der Waals surface area contributed by atoms with Crippen molar-refractivity contribution in [2.24, 2.45) is 5.41 Å². The standard InChI is InChI=1S/C19H26FN3O2/c20-16-13-21-9-5-17(16)22-10-6-19(7-11-22)8-12-23(18(19)25)14-1-3-15(24)4-2-14/h5,9,13-15,24H,1-4,6-8,10-12H2. The largest absolute Gasteiger partial charge is 0.393 e. The number of aromatic nitrogens is 1. The third-order valence-electron chi connectivity index (χ3n) is 6.47. The molecule has 1 aromatic heterocycles. The van der Waals surface area contributed by atoms with Gasteiger partial charge < -0.3 is 14.9 Å². The fourth-order valence-corrected chi connectivity index (χ4v) is 4.83. The van der Waals surface area contributed by atoms with Gasteiger partial charge in [-0.25, -0.2) is 4.39 Å². The Balaban J connectivity index is 1.41. The maximum atomic E-state index is 14.0. The van der Waals surface area contributed by atoms with E-state index in [0.29, 0.717) is 30.7 Å². The number of pyridine rings is 1. The van der Waals surface area contributed by atoms with Gasteiger partial charge >= 0.3 is 0 Å². The lowest BCUT2D eigenvalue weighted by molar-refractivity contribution is -0.139. The van der Waals surface area contributed by atoms with Crippen LogP contribution in [0.3, 0.4) is 0 Å². The van der Waals surface area contributed by atoms with Crippen molar-refractivity contribution >= 4 is 11.6 Å². The van der Waals surface area contributed by atoms with Crippen LogP contribution in [0, 0.1) is 11.2 Å². The van der Waals surface area contributed by atoms with E-state index in [9.17, 15) is 14.3 Å². The van der Waals surface area contributed by atoms with E-state index in [1.165, 1.54) is 6.20 Å². The third kappa shape index (κ3) is 3.01. The topological polar surface area (TPSA) is 56.7 Å². The van der Waals surface area contributed by atoms with E-state index >= 15 is 0 Å². The molecule has 1 aliphatic carbocycles. The fourth-order valence-electron chi connectivity index (χ4n) is 4.83. The maximum absolute atomic E-state index is 14.0. The number of hydrogen-bond donors (Lipinski definition) is 1. The Morgan fingerprint density at radius 2 is 1.80 bits per heavy atom. The number of amides is 1. The van der Waals surface area contributed by atoms with Gasteiger partial charge in [0.1, 0.15) is 0 Å². The summed E-state index contributed by atoms with van der Waals surface area (Å²) >= 11 is 0. The van der Waals surface area contributed by atoms with Crippen LogP contribution < -0.4 is 4.90 Å². The van der Waals surface area contributed by atoms with Crippen LogP contribution in [0.2, 0.25) is 0 Å². The Hall–Kier alpha value is -1.69. The lowest BCUT2D eigenvalue weighted by Crippen LogP contribution is -2.47. The average Bonchev–Trinajstić information content (AvgIpc) is 2.94. The highest BCUT2D eigenvalue weighted by Crippen LogP contribution is 2.44. The molecule has 4 rings (SSSR count). The first kappa shape index (κ1) is 16.8. The monoisotopic (exact) mass is 347 g/mol. The molecular weight excluding hydrogens is 321 g/mol. The minimum absolute atomic E-state index is 0.193. The molecule has 0 radical (unpaired) electrons. The number of halogens is 1. The molecule has 25 heavy (non-hydrogen) atoms. The molecule has 6 heteroatoms. The first-order valence-electron chi connectivity index (χ1n) is 9.43. The quantitative estimate of drug-likeness (QED) is 0.892. The van der Waals surface area contributed by atoms with Gasteiger partial charge in [-0.15, -0.1) is 0 Å². The van der Waals surface area contributed by atoms with Gasteiger partial charge in [0.05, 0.1) is 23.4 Å². The maximum Gasteiger partial charge on any atom is 0.229 e. The van der Waals surface area contributed by atoms with Gasteiger partial charge in [0, 0.05) is 31.9 Å². The van der Waals surface area contributed by atoms with Crippen molar-refractivity contribution in [2.45, 2.75) is 57.1 Å². The van der Waals surface area contributed by atoms with Crippen molar-refractivity contribution in [1.82, 2.24) is 9.88 Å². The Morgan fingerprint density at radius 1 is 1.12 bits per heavy atom. The molecule has 3 aliphatic rings. The van der Waals surface area contributed by atoms with Crippen molar-refractivity contribution in [2.75, 3.05) is 24.5 Å². The minimum Gasteiger partial charge on any atom is -0.393 e. The highest BCUT2D eigenvalue weighted by molar-refractivity contribution is 5.85. The van der Waals surface area contributed by atoms with Gasteiger partial charge in [-0.1, -0.05) is 0 Å². The highest BCUT2D eigenvalue weighted by Gasteiger charge is 2.50. The summed E-state index contributed by atoms with van der Waals surface area (Å²) in [6.07, 6.45) is 8.60. The molecule has 1 aromatic rings. The van der Waals surface area contributed by atoms with E-state index < -0.39 is 0 Å². The van der Waals surface area contributed by atoms with Gasteiger partial charge in [0.25, 0.3) is 0 Å². The normalized spacial score (nSPS) is 29.4. The zero-order valence-corrected chi connectivity index (χ0v) is 14.5. The van der Waals surface area contributed by atoms with E-state index in [4.69, 9.17) is 0 Å². The summed E-state index contributed by atoms with van der Waals surface area (Å²) in [7, 11) is 0. The Bertz CT molecular complexity index is 637. The zero-order chi connectivity index (χ0) is 17.4. The molecule has 1 amide bonds. The summed E-state index contributed by atoms with van der Waals surface area (Å²) in [6.45, 7) is 2.26. The number of aliphatic hydroxyl groups excluding tert-OH is 1. The van der Waals surface area contributed by atoms with Crippen LogP contribution in [0.15, 0.2) is 18.5 Å². The first-order valence-corrected chi connectivity index (χ1v) is 9.43. The van der Waals surface area contributed by atoms with E-state index in [2.05, 4.69) is 9.88 Å². The van der Waals surface area contributed by atoms with E-state index in [1.807, 2.05) is 4.90 Å². The van der Waals surface area contributed by atoms with Crippen molar-refractivity contribution < 1.29 is 14.3 Å². The number of rotatable bonds is 2. The van der Waals surface area contributed by atoms with Crippen LogP contribution in [-0.2, 0) is 4.79 Å². The number of aliphatic hydroxyl groups is 1. The first-order chi connectivity index (χ1) is 12.1. The number of likely N-dealkylation sites (tertiary alicyclic amines) is 1. The molecule has 136 valence electrons. The van der Waals surface area contributed by atoms with Crippen molar-refractivity contribution in [1.29, 1.82) is 0 Å². The minimum atomic E-state index is -0.293. The molecule has 0 unspecified atom stereocenters. The SMILES string of the molecule is O=C1N(C2CCC(O)CC2)CCC12CCN(c1ccncc1F)CC2. The highest BCUT2D eigenvalue weighted by atomic mass is 19.1. The van der Waals surface area contributed by atoms with Gasteiger partial charge in [-0.05, 0) is 51.0 Å². The third-order valence-corrected chi connectivity index (χ3v) is 6.47. The molecule has 0 bridgehead atoms. The van der Waals surface area contributed by atoms with Crippen LogP contribution in [0.25, 0.3) is 0 Å². The van der Waals surface area contributed by atoms with Gasteiger partial charge in [-0.2, -0.15) is 0 Å². The average molecular weight is 347 g/mol. The lowest BCUT2D eigenvalue weighted by atomic mass is 9.77. The molecule has 0 aromatic carbocycles. The smallest absolute Gasteiger partial charge is 0.229 e. The fraction of sp³-hybridized carbons (Fsp3) is 0.684. The molecule has 2 aliphatic heterocycles.